The third-order valence-corrected chi connectivity index (χ3v) is 4.11. The summed E-state index contributed by atoms with van der Waals surface area (Å²) < 4.78 is 5.89. The minimum atomic E-state index is 0.217. The van der Waals surface area contributed by atoms with Crippen molar-refractivity contribution in [2.24, 2.45) is 5.73 Å². The van der Waals surface area contributed by atoms with E-state index in [-0.39, 0.29) is 6.04 Å². The lowest BCUT2D eigenvalue weighted by Gasteiger charge is -2.13. The van der Waals surface area contributed by atoms with Crippen LogP contribution in [0.15, 0.2) is 36.4 Å². The first-order valence-electron chi connectivity index (χ1n) is 7.28. The van der Waals surface area contributed by atoms with Crippen LogP contribution < -0.4 is 10.5 Å². The van der Waals surface area contributed by atoms with Crippen LogP contribution in [0, 0.1) is 13.8 Å². The van der Waals surface area contributed by atoms with Crippen molar-refractivity contribution in [2.75, 3.05) is 0 Å². The summed E-state index contributed by atoms with van der Waals surface area (Å²) in [5.74, 6) is 1.64. The van der Waals surface area contributed by atoms with Gasteiger partial charge in [-0.3, -0.25) is 0 Å². The Hall–Kier alpha value is -1.51. The Morgan fingerprint density at radius 1 is 1.05 bits per heavy atom. The van der Waals surface area contributed by atoms with E-state index in [1.165, 1.54) is 11.1 Å². The first kappa shape index (κ1) is 15.9. The first-order chi connectivity index (χ1) is 9.99. The highest BCUT2D eigenvalue weighted by molar-refractivity contribution is 6.31. The summed E-state index contributed by atoms with van der Waals surface area (Å²) in [5.41, 5.74) is 9.52. The lowest BCUT2D eigenvalue weighted by Crippen LogP contribution is -2.21. The van der Waals surface area contributed by atoms with Gasteiger partial charge in [0.25, 0.3) is 0 Å². The molecule has 2 aromatic carbocycles. The van der Waals surface area contributed by atoms with Gasteiger partial charge < -0.3 is 10.5 Å². The molecule has 3 heteroatoms. The summed E-state index contributed by atoms with van der Waals surface area (Å²) in [5, 5.41) is 0.752. The summed E-state index contributed by atoms with van der Waals surface area (Å²) in [6.45, 7) is 6.17. The Balaban J connectivity index is 2.14. The minimum Gasteiger partial charge on any atom is -0.457 e. The highest BCUT2D eigenvalue weighted by atomic mass is 35.5. The second-order valence-corrected chi connectivity index (χ2v) is 5.88. The largest absolute Gasteiger partial charge is 0.457 e. The van der Waals surface area contributed by atoms with E-state index in [2.05, 4.69) is 26.0 Å². The first-order valence-corrected chi connectivity index (χ1v) is 7.66. The second-order valence-electron chi connectivity index (χ2n) is 5.47. The Morgan fingerprint density at radius 3 is 2.24 bits per heavy atom. The molecular weight excluding hydrogens is 282 g/mol. The molecule has 1 unspecified atom stereocenters. The van der Waals surface area contributed by atoms with Crippen LogP contribution in [0.2, 0.25) is 5.02 Å². The molecule has 2 nitrogen and oxygen atoms in total. The third-order valence-electron chi connectivity index (χ3n) is 3.69. The van der Waals surface area contributed by atoms with Gasteiger partial charge in [-0.2, -0.15) is 0 Å². The molecule has 0 amide bonds. The van der Waals surface area contributed by atoms with Crippen molar-refractivity contribution in [3.05, 3.63) is 58.1 Å². The van der Waals surface area contributed by atoms with Crippen molar-refractivity contribution < 1.29 is 4.74 Å². The van der Waals surface area contributed by atoms with Gasteiger partial charge in [0.05, 0.1) is 0 Å². The predicted octanol–water partition coefficient (Wildman–Crippen LogP) is 5.03. The van der Waals surface area contributed by atoms with E-state index >= 15 is 0 Å². The molecule has 2 aromatic rings. The fourth-order valence-corrected chi connectivity index (χ4v) is 2.32. The Bertz CT molecular complexity index is 625. The monoisotopic (exact) mass is 303 g/mol. The van der Waals surface area contributed by atoms with Crippen LogP contribution in [0.4, 0.5) is 0 Å². The smallest absolute Gasteiger partial charge is 0.127 e. The van der Waals surface area contributed by atoms with E-state index < -0.39 is 0 Å². The molecule has 0 aromatic heterocycles. The summed E-state index contributed by atoms with van der Waals surface area (Å²) in [7, 11) is 0. The molecule has 0 radical (unpaired) electrons. The number of nitrogens with two attached hydrogens (primary N) is 1. The maximum atomic E-state index is 6.02. The fourth-order valence-electron chi connectivity index (χ4n) is 2.20. The molecule has 0 bridgehead atoms. The number of hydrogen-bond donors (Lipinski definition) is 1. The van der Waals surface area contributed by atoms with Crippen LogP contribution in [-0.4, -0.2) is 6.04 Å². The second kappa shape index (κ2) is 6.97. The lowest BCUT2D eigenvalue weighted by atomic mass is 10.00. The van der Waals surface area contributed by atoms with Gasteiger partial charge in [0.15, 0.2) is 0 Å². The minimum absolute atomic E-state index is 0.217. The van der Waals surface area contributed by atoms with Crippen LogP contribution in [0.25, 0.3) is 0 Å². The SMILES string of the molecule is CCC(N)Cc1ccc(Oc2ccc(Cl)c(C)c2)cc1C. The summed E-state index contributed by atoms with van der Waals surface area (Å²) in [6.07, 6.45) is 1.89. The van der Waals surface area contributed by atoms with Crippen LogP contribution in [0.5, 0.6) is 11.5 Å². The van der Waals surface area contributed by atoms with E-state index in [1.807, 2.05) is 31.2 Å². The van der Waals surface area contributed by atoms with E-state index in [1.54, 1.807) is 0 Å². The number of rotatable bonds is 5. The van der Waals surface area contributed by atoms with Crippen molar-refractivity contribution in [3.63, 3.8) is 0 Å². The number of benzene rings is 2. The zero-order valence-electron chi connectivity index (χ0n) is 12.8. The molecular formula is C18H22ClNO. The van der Waals surface area contributed by atoms with Gasteiger partial charge in [-0.15, -0.1) is 0 Å². The van der Waals surface area contributed by atoms with Crippen molar-refractivity contribution in [1.29, 1.82) is 0 Å². The van der Waals surface area contributed by atoms with Gasteiger partial charge in [-0.25, -0.2) is 0 Å². The van der Waals surface area contributed by atoms with Crippen molar-refractivity contribution in [3.8, 4) is 11.5 Å². The summed E-state index contributed by atoms with van der Waals surface area (Å²) in [6, 6.07) is 12.0. The van der Waals surface area contributed by atoms with Gasteiger partial charge in [-0.1, -0.05) is 24.6 Å². The topological polar surface area (TPSA) is 35.2 Å². The highest BCUT2D eigenvalue weighted by Crippen LogP contribution is 2.27. The molecule has 112 valence electrons. The number of halogens is 1. The molecule has 21 heavy (non-hydrogen) atoms. The maximum Gasteiger partial charge on any atom is 0.127 e. The quantitative estimate of drug-likeness (QED) is 0.841. The van der Waals surface area contributed by atoms with Crippen molar-refractivity contribution in [1.82, 2.24) is 0 Å². The van der Waals surface area contributed by atoms with Gasteiger partial charge >= 0.3 is 0 Å². The highest BCUT2D eigenvalue weighted by Gasteiger charge is 2.07. The van der Waals surface area contributed by atoms with Gasteiger partial charge in [0.2, 0.25) is 0 Å². The molecule has 0 aliphatic carbocycles. The van der Waals surface area contributed by atoms with Crippen molar-refractivity contribution >= 4 is 11.6 Å². The normalized spacial score (nSPS) is 12.2. The number of aryl methyl sites for hydroxylation is 2. The Kier molecular flexibility index (Phi) is 5.27. The Morgan fingerprint density at radius 2 is 1.67 bits per heavy atom. The Labute approximate surface area is 131 Å². The molecule has 0 aliphatic heterocycles. The molecule has 2 rings (SSSR count). The van der Waals surface area contributed by atoms with E-state index in [9.17, 15) is 0 Å². The summed E-state index contributed by atoms with van der Waals surface area (Å²) >= 11 is 6.02. The van der Waals surface area contributed by atoms with Gasteiger partial charge in [0.1, 0.15) is 11.5 Å². The molecule has 0 fully saturated rings. The zero-order chi connectivity index (χ0) is 15.4. The lowest BCUT2D eigenvalue weighted by molar-refractivity contribution is 0.481. The predicted molar refractivity (Wildman–Crippen MR) is 89.4 cm³/mol. The molecule has 0 aliphatic rings. The van der Waals surface area contributed by atoms with E-state index in [0.29, 0.717) is 0 Å². The van der Waals surface area contributed by atoms with Gasteiger partial charge in [0, 0.05) is 11.1 Å². The van der Waals surface area contributed by atoms with E-state index in [4.69, 9.17) is 22.1 Å². The average Bonchev–Trinajstić information content (AvgIpc) is 2.45. The molecule has 0 saturated carbocycles. The standard InChI is InChI=1S/C18H22ClNO/c1-4-15(20)11-14-5-6-16(9-12(14)2)21-17-7-8-18(19)13(3)10-17/h5-10,15H,4,11,20H2,1-3H3. The molecule has 0 saturated heterocycles. The summed E-state index contributed by atoms with van der Waals surface area (Å²) in [4.78, 5) is 0. The van der Waals surface area contributed by atoms with Crippen LogP contribution in [0.3, 0.4) is 0 Å². The number of ether oxygens (including phenoxy) is 1. The van der Waals surface area contributed by atoms with Crippen molar-refractivity contribution in [2.45, 2.75) is 39.7 Å². The van der Waals surface area contributed by atoms with Crippen LogP contribution >= 0.6 is 11.6 Å². The third kappa shape index (κ3) is 4.23. The number of hydrogen-bond acceptors (Lipinski definition) is 2. The molecule has 0 spiro atoms. The molecule has 1 atom stereocenters. The molecule has 2 N–H and O–H groups in total. The fraction of sp³-hybridized carbons (Fsp3) is 0.333. The van der Waals surface area contributed by atoms with E-state index in [0.717, 1.165) is 34.9 Å². The van der Waals surface area contributed by atoms with Crippen LogP contribution in [-0.2, 0) is 6.42 Å². The van der Waals surface area contributed by atoms with Crippen LogP contribution in [0.1, 0.15) is 30.0 Å². The van der Waals surface area contributed by atoms with Gasteiger partial charge in [-0.05, 0) is 73.7 Å². The maximum absolute atomic E-state index is 6.02. The zero-order valence-corrected chi connectivity index (χ0v) is 13.6. The average molecular weight is 304 g/mol. The molecule has 0 heterocycles.